The lowest BCUT2D eigenvalue weighted by Crippen LogP contribution is -2.41. The third-order valence-corrected chi connectivity index (χ3v) is 5.82. The maximum absolute atomic E-state index is 12.5. The van der Waals surface area contributed by atoms with Crippen LogP contribution >= 0.6 is 0 Å². The molecule has 0 unspecified atom stereocenters. The molecule has 1 heterocycles. The van der Waals surface area contributed by atoms with E-state index in [1.165, 1.54) is 5.56 Å². The number of nitrogens with zero attached hydrogens (tertiary/aromatic N) is 2. The number of halogens is 2. The topological polar surface area (TPSA) is 87.8 Å². The van der Waals surface area contributed by atoms with Crippen molar-refractivity contribution >= 4 is 21.7 Å². The van der Waals surface area contributed by atoms with E-state index in [0.717, 1.165) is 16.4 Å². The Kier molecular flexibility index (Phi) is 6.71. The first-order valence-electron chi connectivity index (χ1n) is 8.26. The van der Waals surface area contributed by atoms with E-state index in [0.29, 0.717) is 19.4 Å². The van der Waals surface area contributed by atoms with Crippen LogP contribution in [0.1, 0.15) is 25.3 Å². The number of nitrogens with two attached hydrogens (primary N) is 1. The monoisotopic (exact) mass is 374 g/mol. The molecule has 3 N–H and O–H groups in total. The molecule has 0 radical (unpaired) electrons. The van der Waals surface area contributed by atoms with Gasteiger partial charge in [-0.25, -0.2) is 8.42 Å². The van der Waals surface area contributed by atoms with E-state index in [2.05, 4.69) is 17.2 Å². The van der Waals surface area contributed by atoms with Crippen molar-refractivity contribution in [3.8, 4) is 0 Å². The number of benzene rings is 1. The first-order valence-corrected chi connectivity index (χ1v) is 9.76. The van der Waals surface area contributed by atoms with E-state index < -0.39 is 15.8 Å². The van der Waals surface area contributed by atoms with Gasteiger partial charge in [0.25, 0.3) is 10.0 Å². The fourth-order valence-electron chi connectivity index (χ4n) is 2.74. The molecule has 0 aromatic heterocycles. The van der Waals surface area contributed by atoms with Gasteiger partial charge in [0.15, 0.2) is 5.96 Å². The Morgan fingerprint density at radius 2 is 2.08 bits per heavy atom. The molecule has 6 nitrogen and oxygen atoms in total. The number of nitrogens with one attached hydrogen (secondary N) is 1. The van der Waals surface area contributed by atoms with Crippen LogP contribution in [0.4, 0.5) is 14.5 Å². The smallest absolute Gasteiger partial charge is 0.350 e. The van der Waals surface area contributed by atoms with Crippen molar-refractivity contribution in [1.29, 1.82) is 0 Å². The summed E-state index contributed by atoms with van der Waals surface area (Å²) in [6.45, 7) is 2.70. The van der Waals surface area contributed by atoms with Crippen LogP contribution in [0.15, 0.2) is 29.3 Å². The number of sulfonamides is 1. The van der Waals surface area contributed by atoms with Gasteiger partial charge in [-0.3, -0.25) is 4.99 Å². The van der Waals surface area contributed by atoms with Gasteiger partial charge in [0, 0.05) is 25.3 Å². The zero-order chi connectivity index (χ0) is 18.4. The van der Waals surface area contributed by atoms with Gasteiger partial charge in [-0.1, -0.05) is 19.1 Å². The van der Waals surface area contributed by atoms with E-state index in [9.17, 15) is 17.2 Å². The van der Waals surface area contributed by atoms with Gasteiger partial charge in [-0.05, 0) is 42.9 Å². The van der Waals surface area contributed by atoms with Crippen molar-refractivity contribution in [3.63, 3.8) is 0 Å². The van der Waals surface area contributed by atoms with Crippen molar-refractivity contribution in [2.45, 2.75) is 31.9 Å². The van der Waals surface area contributed by atoms with Crippen LogP contribution in [0, 0.1) is 5.92 Å². The molecule has 1 aromatic rings. The molecule has 1 aliphatic rings. The molecule has 2 rings (SSSR count). The molecule has 0 aliphatic carbocycles. The lowest BCUT2D eigenvalue weighted by Gasteiger charge is -2.30. The molecule has 1 fully saturated rings. The third kappa shape index (κ3) is 5.37. The summed E-state index contributed by atoms with van der Waals surface area (Å²) >= 11 is 0. The summed E-state index contributed by atoms with van der Waals surface area (Å²) in [7, 11) is -4.47. The molecule has 0 bridgehead atoms. The van der Waals surface area contributed by atoms with Crippen LogP contribution in [0.3, 0.4) is 0 Å². The summed E-state index contributed by atoms with van der Waals surface area (Å²) in [6, 6.07) is 7.86. The Hall–Kier alpha value is -1.74. The Balaban J connectivity index is 1.84. The van der Waals surface area contributed by atoms with Gasteiger partial charge < -0.3 is 11.1 Å². The van der Waals surface area contributed by atoms with E-state index in [1.807, 2.05) is 24.3 Å². The largest absolute Gasteiger partial charge is 0.370 e. The molecule has 140 valence electrons. The quantitative estimate of drug-likeness (QED) is 0.590. The predicted molar refractivity (Wildman–Crippen MR) is 95.2 cm³/mol. The van der Waals surface area contributed by atoms with Crippen molar-refractivity contribution in [3.05, 3.63) is 29.8 Å². The van der Waals surface area contributed by atoms with Crippen LogP contribution in [-0.4, -0.2) is 44.1 Å². The van der Waals surface area contributed by atoms with Gasteiger partial charge >= 0.3 is 5.76 Å². The molecular weight excluding hydrogens is 350 g/mol. The van der Waals surface area contributed by atoms with Gasteiger partial charge in [-0.2, -0.15) is 13.1 Å². The van der Waals surface area contributed by atoms with E-state index in [1.54, 1.807) is 0 Å². The van der Waals surface area contributed by atoms with Crippen LogP contribution in [0.5, 0.6) is 0 Å². The molecular formula is C16H24F2N4O2S. The van der Waals surface area contributed by atoms with Gasteiger partial charge in [-0.15, -0.1) is 0 Å². The zero-order valence-corrected chi connectivity index (χ0v) is 15.0. The molecule has 0 atom stereocenters. The number of hydrogen-bond donors (Lipinski definition) is 2. The summed E-state index contributed by atoms with van der Waals surface area (Å²) < 4.78 is 48.8. The summed E-state index contributed by atoms with van der Waals surface area (Å²) in [5.74, 6) is -2.94. The molecule has 1 saturated heterocycles. The highest BCUT2D eigenvalue weighted by molar-refractivity contribution is 7.89. The van der Waals surface area contributed by atoms with Gasteiger partial charge in [0.2, 0.25) is 0 Å². The average molecular weight is 374 g/mol. The highest BCUT2D eigenvalue weighted by atomic mass is 32.2. The molecule has 1 aromatic carbocycles. The van der Waals surface area contributed by atoms with Gasteiger partial charge in [0.1, 0.15) is 0 Å². The number of guanidine groups is 1. The predicted octanol–water partition coefficient (Wildman–Crippen LogP) is 2.24. The number of hydrogen-bond acceptors (Lipinski definition) is 3. The molecule has 0 spiro atoms. The van der Waals surface area contributed by atoms with Crippen molar-refractivity contribution in [2.24, 2.45) is 16.6 Å². The standard InChI is InChI=1S/C16H24F2N4O2S/c1-2-12-4-3-5-14(10-12)21-16(19)20-11-13-6-8-22(9-7-13)25(23,24)15(17)18/h3-5,10,13,15H,2,6-9,11H2,1H3,(H3,19,20,21). The minimum absolute atomic E-state index is 0.0960. The molecule has 25 heavy (non-hydrogen) atoms. The number of alkyl halides is 2. The van der Waals surface area contributed by atoms with Crippen LogP contribution in [0.2, 0.25) is 0 Å². The van der Waals surface area contributed by atoms with Crippen LogP contribution < -0.4 is 11.1 Å². The minimum atomic E-state index is -4.47. The summed E-state index contributed by atoms with van der Waals surface area (Å²) in [5, 5.41) is 3.03. The lowest BCUT2D eigenvalue weighted by atomic mass is 9.98. The fourth-order valence-corrected chi connectivity index (χ4v) is 3.69. The number of rotatable bonds is 6. The number of piperidine rings is 1. The lowest BCUT2D eigenvalue weighted by molar-refractivity contribution is 0.205. The van der Waals surface area contributed by atoms with Gasteiger partial charge in [0.05, 0.1) is 0 Å². The summed E-state index contributed by atoms with van der Waals surface area (Å²) in [5.41, 5.74) is 7.93. The minimum Gasteiger partial charge on any atom is -0.370 e. The Bertz CT molecular complexity index is 702. The molecule has 9 heteroatoms. The SMILES string of the molecule is CCc1cccc(NC(N)=NCC2CCN(S(=O)(=O)C(F)F)CC2)c1. The average Bonchev–Trinajstić information content (AvgIpc) is 2.60. The maximum Gasteiger partial charge on any atom is 0.350 e. The molecule has 0 saturated carbocycles. The second-order valence-corrected chi connectivity index (χ2v) is 7.96. The Labute approximate surface area is 147 Å². The normalized spacial score (nSPS) is 17.8. The van der Waals surface area contributed by atoms with E-state index in [-0.39, 0.29) is 25.0 Å². The maximum atomic E-state index is 12.5. The molecule has 1 aliphatic heterocycles. The van der Waals surface area contributed by atoms with Crippen molar-refractivity contribution < 1.29 is 17.2 Å². The molecule has 0 amide bonds. The number of aryl methyl sites for hydroxylation is 1. The summed E-state index contributed by atoms with van der Waals surface area (Å²) in [4.78, 5) is 4.29. The van der Waals surface area contributed by atoms with E-state index >= 15 is 0 Å². The fraction of sp³-hybridized carbons (Fsp3) is 0.562. The zero-order valence-electron chi connectivity index (χ0n) is 14.2. The van der Waals surface area contributed by atoms with Crippen LogP contribution in [-0.2, 0) is 16.4 Å². The van der Waals surface area contributed by atoms with E-state index in [4.69, 9.17) is 5.73 Å². The van der Waals surface area contributed by atoms with Crippen LogP contribution in [0.25, 0.3) is 0 Å². The summed E-state index contributed by atoms with van der Waals surface area (Å²) in [6.07, 6.45) is 1.91. The number of aliphatic imine (C=N–C) groups is 1. The third-order valence-electron chi connectivity index (χ3n) is 4.29. The second-order valence-electron chi connectivity index (χ2n) is 6.05. The van der Waals surface area contributed by atoms with Crippen molar-refractivity contribution in [2.75, 3.05) is 25.0 Å². The Morgan fingerprint density at radius 3 is 2.68 bits per heavy atom. The highest BCUT2D eigenvalue weighted by Crippen LogP contribution is 2.22. The first-order chi connectivity index (χ1) is 11.8. The highest BCUT2D eigenvalue weighted by Gasteiger charge is 2.34. The second kappa shape index (κ2) is 8.57. The first kappa shape index (κ1) is 19.6. The number of anilines is 1. The Morgan fingerprint density at radius 1 is 1.40 bits per heavy atom. The van der Waals surface area contributed by atoms with Crippen molar-refractivity contribution in [1.82, 2.24) is 4.31 Å².